The third-order valence-corrected chi connectivity index (χ3v) is 4.57. The summed E-state index contributed by atoms with van der Waals surface area (Å²) in [4.78, 5) is 4.57. The van der Waals surface area contributed by atoms with Crippen molar-refractivity contribution in [3.8, 4) is 0 Å². The van der Waals surface area contributed by atoms with Gasteiger partial charge in [-0.2, -0.15) is 13.2 Å². The highest BCUT2D eigenvalue weighted by molar-refractivity contribution is 5.77. The predicted octanol–water partition coefficient (Wildman–Crippen LogP) is 4.98. The van der Waals surface area contributed by atoms with Crippen molar-refractivity contribution >= 4 is 11.0 Å². The van der Waals surface area contributed by atoms with Gasteiger partial charge in [-0.3, -0.25) is 0 Å². The zero-order chi connectivity index (χ0) is 18.7. The molecule has 3 nitrogen and oxygen atoms in total. The third kappa shape index (κ3) is 3.60. The van der Waals surface area contributed by atoms with Gasteiger partial charge in [0.15, 0.2) is 0 Å². The van der Waals surface area contributed by atoms with E-state index in [1.54, 1.807) is 0 Å². The fourth-order valence-electron chi connectivity index (χ4n) is 3.31. The van der Waals surface area contributed by atoms with Crippen molar-refractivity contribution in [2.45, 2.75) is 38.4 Å². The molecule has 0 aliphatic carbocycles. The summed E-state index contributed by atoms with van der Waals surface area (Å²) in [5, 5.41) is 9.21. The fourth-order valence-corrected chi connectivity index (χ4v) is 3.31. The Morgan fingerprint density at radius 3 is 2.46 bits per heavy atom. The number of hydrogen-bond acceptors (Lipinski definition) is 2. The van der Waals surface area contributed by atoms with Crippen LogP contribution in [0.2, 0.25) is 0 Å². The molecular weight excluding hydrogens is 341 g/mol. The summed E-state index contributed by atoms with van der Waals surface area (Å²) in [6.45, 7) is 2.56. The minimum absolute atomic E-state index is 0.0158. The van der Waals surface area contributed by atoms with Crippen LogP contribution in [0.5, 0.6) is 0 Å². The molecule has 0 fully saturated rings. The summed E-state index contributed by atoms with van der Waals surface area (Å²) in [5.74, 6) is 0.720. The van der Waals surface area contributed by atoms with E-state index in [0.717, 1.165) is 29.9 Å². The molecule has 6 heteroatoms. The van der Waals surface area contributed by atoms with Gasteiger partial charge in [0, 0.05) is 19.1 Å². The lowest BCUT2D eigenvalue weighted by Crippen LogP contribution is -2.11. The van der Waals surface area contributed by atoms with Crippen LogP contribution in [0.1, 0.15) is 42.6 Å². The van der Waals surface area contributed by atoms with Gasteiger partial charge in [-0.15, -0.1) is 0 Å². The SMILES string of the molecule is CCC(c1ccccc1)c1nc2cc(C(F)(F)F)ccc2n1CCCO. The number of aryl methyl sites for hydroxylation is 1. The molecular formula is C20H21F3N2O. The number of aromatic nitrogens is 2. The molecule has 0 spiro atoms. The van der Waals surface area contributed by atoms with Crippen LogP contribution in [0.4, 0.5) is 13.2 Å². The molecule has 1 N–H and O–H groups in total. The van der Waals surface area contributed by atoms with Crippen molar-refractivity contribution in [3.63, 3.8) is 0 Å². The highest BCUT2D eigenvalue weighted by Gasteiger charge is 2.31. The highest BCUT2D eigenvalue weighted by atomic mass is 19.4. The molecule has 26 heavy (non-hydrogen) atoms. The van der Waals surface area contributed by atoms with Crippen LogP contribution >= 0.6 is 0 Å². The second-order valence-electron chi connectivity index (χ2n) is 6.27. The third-order valence-electron chi connectivity index (χ3n) is 4.57. The number of aliphatic hydroxyl groups is 1. The standard InChI is InChI=1S/C20H21F3N2O/c1-2-16(14-7-4-3-5-8-14)19-24-17-13-15(20(21,22)23)9-10-18(17)25(19)11-6-12-26/h3-5,7-10,13,16,26H,2,6,11-12H2,1H3. The van der Waals surface area contributed by atoms with Crippen molar-refractivity contribution in [2.24, 2.45) is 0 Å². The number of benzene rings is 2. The first-order valence-electron chi connectivity index (χ1n) is 8.69. The fraction of sp³-hybridized carbons (Fsp3) is 0.350. The number of imidazole rings is 1. The van der Waals surface area contributed by atoms with Crippen LogP contribution in [-0.4, -0.2) is 21.3 Å². The Kier molecular flexibility index (Phi) is 5.32. The van der Waals surface area contributed by atoms with Gasteiger partial charge in [-0.1, -0.05) is 37.3 Å². The smallest absolute Gasteiger partial charge is 0.396 e. The molecule has 0 saturated heterocycles. The zero-order valence-electron chi connectivity index (χ0n) is 14.5. The van der Waals surface area contributed by atoms with Crippen LogP contribution in [0.25, 0.3) is 11.0 Å². The van der Waals surface area contributed by atoms with Crippen molar-refractivity contribution in [1.82, 2.24) is 9.55 Å². The number of nitrogens with zero attached hydrogens (tertiary/aromatic N) is 2. The van der Waals surface area contributed by atoms with Gasteiger partial charge < -0.3 is 9.67 Å². The molecule has 1 aromatic heterocycles. The van der Waals surface area contributed by atoms with Crippen LogP contribution in [0, 0.1) is 0 Å². The maximum Gasteiger partial charge on any atom is 0.416 e. The van der Waals surface area contributed by atoms with Crippen molar-refractivity contribution in [2.75, 3.05) is 6.61 Å². The van der Waals surface area contributed by atoms with Gasteiger partial charge in [0.1, 0.15) is 5.82 Å². The molecule has 3 rings (SSSR count). The largest absolute Gasteiger partial charge is 0.416 e. The van der Waals surface area contributed by atoms with Crippen LogP contribution in [-0.2, 0) is 12.7 Å². The van der Waals surface area contributed by atoms with Crippen LogP contribution in [0.3, 0.4) is 0 Å². The highest BCUT2D eigenvalue weighted by Crippen LogP contribution is 2.34. The van der Waals surface area contributed by atoms with E-state index in [2.05, 4.69) is 4.98 Å². The Morgan fingerprint density at radius 1 is 1.12 bits per heavy atom. The Morgan fingerprint density at radius 2 is 1.85 bits per heavy atom. The number of aliphatic hydroxyl groups excluding tert-OH is 1. The predicted molar refractivity (Wildman–Crippen MR) is 95.0 cm³/mol. The summed E-state index contributed by atoms with van der Waals surface area (Å²) in [6.07, 6.45) is -3.10. The molecule has 1 heterocycles. The summed E-state index contributed by atoms with van der Waals surface area (Å²) < 4.78 is 41.1. The van der Waals surface area contributed by atoms with E-state index in [4.69, 9.17) is 0 Å². The molecule has 0 amide bonds. The van der Waals surface area contributed by atoms with Gasteiger partial charge in [-0.05, 0) is 36.6 Å². The summed E-state index contributed by atoms with van der Waals surface area (Å²) >= 11 is 0. The number of hydrogen-bond donors (Lipinski definition) is 1. The van der Waals surface area contributed by atoms with E-state index in [9.17, 15) is 18.3 Å². The summed E-state index contributed by atoms with van der Waals surface area (Å²) in [7, 11) is 0. The minimum Gasteiger partial charge on any atom is -0.396 e. The Bertz CT molecular complexity index is 872. The van der Waals surface area contributed by atoms with E-state index in [0.29, 0.717) is 24.0 Å². The molecule has 0 aliphatic rings. The lowest BCUT2D eigenvalue weighted by molar-refractivity contribution is -0.137. The quantitative estimate of drug-likeness (QED) is 0.672. The van der Waals surface area contributed by atoms with E-state index < -0.39 is 11.7 Å². The van der Waals surface area contributed by atoms with E-state index in [1.165, 1.54) is 6.07 Å². The monoisotopic (exact) mass is 362 g/mol. The van der Waals surface area contributed by atoms with Gasteiger partial charge >= 0.3 is 6.18 Å². The van der Waals surface area contributed by atoms with Gasteiger partial charge in [-0.25, -0.2) is 4.98 Å². The zero-order valence-corrected chi connectivity index (χ0v) is 14.5. The maximum absolute atomic E-state index is 13.0. The van der Waals surface area contributed by atoms with Gasteiger partial charge in [0.25, 0.3) is 0 Å². The topological polar surface area (TPSA) is 38.0 Å². The lowest BCUT2D eigenvalue weighted by Gasteiger charge is -2.17. The summed E-state index contributed by atoms with van der Waals surface area (Å²) in [6, 6.07) is 13.5. The Labute approximate surface area is 150 Å². The molecule has 3 aromatic rings. The van der Waals surface area contributed by atoms with Crippen molar-refractivity contribution in [1.29, 1.82) is 0 Å². The minimum atomic E-state index is -4.40. The van der Waals surface area contributed by atoms with Crippen molar-refractivity contribution in [3.05, 3.63) is 65.5 Å². The van der Waals surface area contributed by atoms with E-state index in [1.807, 2.05) is 41.8 Å². The van der Waals surface area contributed by atoms with E-state index in [-0.39, 0.29) is 12.5 Å². The molecule has 0 aliphatic heterocycles. The van der Waals surface area contributed by atoms with Gasteiger partial charge in [0.2, 0.25) is 0 Å². The maximum atomic E-state index is 13.0. The van der Waals surface area contributed by atoms with Gasteiger partial charge in [0.05, 0.1) is 16.6 Å². The number of rotatable bonds is 6. The molecule has 0 bridgehead atoms. The summed E-state index contributed by atoms with van der Waals surface area (Å²) in [5.41, 5.74) is 1.38. The first kappa shape index (κ1) is 18.5. The Hall–Kier alpha value is -2.34. The average Bonchev–Trinajstić information content (AvgIpc) is 2.98. The van der Waals surface area contributed by atoms with Crippen molar-refractivity contribution < 1.29 is 18.3 Å². The molecule has 1 atom stereocenters. The van der Waals surface area contributed by atoms with Crippen LogP contribution < -0.4 is 0 Å². The Balaban J connectivity index is 2.15. The number of fused-ring (bicyclic) bond motifs is 1. The molecule has 0 radical (unpaired) electrons. The van der Waals surface area contributed by atoms with Crippen LogP contribution in [0.15, 0.2) is 48.5 Å². The second-order valence-corrected chi connectivity index (χ2v) is 6.27. The average molecular weight is 362 g/mol. The molecule has 0 saturated carbocycles. The first-order valence-corrected chi connectivity index (χ1v) is 8.69. The first-order chi connectivity index (χ1) is 12.5. The second kappa shape index (κ2) is 7.50. The van der Waals surface area contributed by atoms with E-state index >= 15 is 0 Å². The normalized spacial score (nSPS) is 13.3. The number of alkyl halides is 3. The molecule has 2 aromatic carbocycles. The molecule has 1 unspecified atom stereocenters. The molecule has 138 valence electrons. The lowest BCUT2D eigenvalue weighted by atomic mass is 9.95. The number of halogens is 3.